The summed E-state index contributed by atoms with van der Waals surface area (Å²) in [5.74, 6) is -1.79. The predicted octanol–water partition coefficient (Wildman–Crippen LogP) is 1.28. The molecule has 1 aromatic rings. The van der Waals surface area contributed by atoms with Crippen molar-refractivity contribution in [2.45, 2.75) is 32.4 Å². The lowest BCUT2D eigenvalue weighted by Crippen LogP contribution is -2.54. The van der Waals surface area contributed by atoms with E-state index in [9.17, 15) is 14.4 Å². The number of hydrogen-bond donors (Lipinski definition) is 1. The van der Waals surface area contributed by atoms with Gasteiger partial charge in [0.05, 0.1) is 25.6 Å². The van der Waals surface area contributed by atoms with Crippen molar-refractivity contribution < 1.29 is 23.9 Å². The lowest BCUT2D eigenvalue weighted by Gasteiger charge is -2.28. The maximum absolute atomic E-state index is 12.9. The first kappa shape index (κ1) is 18.4. The van der Waals surface area contributed by atoms with Gasteiger partial charge in [-0.3, -0.25) is 24.6 Å². The zero-order valence-corrected chi connectivity index (χ0v) is 15.4. The van der Waals surface area contributed by atoms with E-state index in [0.29, 0.717) is 12.3 Å². The molecule has 0 unspecified atom stereocenters. The summed E-state index contributed by atoms with van der Waals surface area (Å²) in [7, 11) is 1.58. The van der Waals surface area contributed by atoms with Crippen molar-refractivity contribution in [1.29, 1.82) is 0 Å². The number of hydrogen-bond acceptors (Lipinski definition) is 6. The van der Waals surface area contributed by atoms with Crippen LogP contribution in [-0.2, 0) is 19.1 Å². The van der Waals surface area contributed by atoms with Gasteiger partial charge in [0, 0.05) is 12.6 Å². The van der Waals surface area contributed by atoms with Crippen LogP contribution in [0.4, 0.5) is 0 Å². The van der Waals surface area contributed by atoms with Crippen molar-refractivity contribution in [2.24, 2.45) is 11.8 Å². The molecule has 0 bridgehead atoms. The average Bonchev–Trinajstić information content (AvgIpc) is 3.09. The van der Waals surface area contributed by atoms with Gasteiger partial charge >= 0.3 is 5.97 Å². The molecule has 140 valence electrons. The Kier molecular flexibility index (Phi) is 4.75. The summed E-state index contributed by atoms with van der Waals surface area (Å²) in [5.41, 5.74) is -0.421. The summed E-state index contributed by atoms with van der Waals surface area (Å²) in [6.07, 6.45) is 0. The molecule has 0 aromatic heterocycles. The van der Waals surface area contributed by atoms with E-state index in [1.54, 1.807) is 40.0 Å². The molecule has 0 radical (unpaired) electrons. The van der Waals surface area contributed by atoms with Crippen molar-refractivity contribution in [3.63, 3.8) is 0 Å². The van der Waals surface area contributed by atoms with Crippen LogP contribution in [0.25, 0.3) is 0 Å². The molecule has 4 atom stereocenters. The second-order valence-corrected chi connectivity index (χ2v) is 6.74. The first-order valence-corrected chi connectivity index (χ1v) is 8.83. The molecule has 2 fully saturated rings. The van der Waals surface area contributed by atoms with Crippen molar-refractivity contribution in [3.05, 3.63) is 29.8 Å². The van der Waals surface area contributed by atoms with Gasteiger partial charge in [-0.1, -0.05) is 12.1 Å². The molecule has 7 nitrogen and oxygen atoms in total. The molecule has 0 saturated carbocycles. The highest BCUT2D eigenvalue weighted by Gasteiger charge is 2.66. The van der Waals surface area contributed by atoms with Crippen molar-refractivity contribution in [1.82, 2.24) is 10.2 Å². The number of nitrogens with one attached hydrogen (secondary N) is 1. The summed E-state index contributed by atoms with van der Waals surface area (Å²) in [5, 5.41) is 3.23. The second-order valence-electron chi connectivity index (χ2n) is 6.74. The van der Waals surface area contributed by atoms with Gasteiger partial charge in [-0.05, 0) is 38.5 Å². The van der Waals surface area contributed by atoms with Crippen molar-refractivity contribution in [2.75, 3.05) is 20.3 Å². The van der Waals surface area contributed by atoms with Gasteiger partial charge in [0.25, 0.3) is 0 Å². The first-order chi connectivity index (χ1) is 12.4. The third-order valence-corrected chi connectivity index (χ3v) is 5.37. The lowest BCUT2D eigenvalue weighted by atomic mass is 9.80. The minimum atomic E-state index is -1.25. The third kappa shape index (κ3) is 2.58. The van der Waals surface area contributed by atoms with Crippen molar-refractivity contribution >= 4 is 17.8 Å². The number of fused-ring (bicyclic) bond motifs is 1. The number of imide groups is 1. The molecule has 1 N–H and O–H groups in total. The van der Waals surface area contributed by atoms with Gasteiger partial charge in [0.15, 0.2) is 0 Å². The van der Waals surface area contributed by atoms with Crippen molar-refractivity contribution in [3.8, 4) is 5.75 Å². The van der Waals surface area contributed by atoms with Crippen LogP contribution in [0.2, 0.25) is 0 Å². The average molecular weight is 360 g/mol. The Balaban J connectivity index is 2.04. The minimum absolute atomic E-state index is 0.209. The smallest absolute Gasteiger partial charge is 0.326 e. The van der Waals surface area contributed by atoms with Crippen LogP contribution in [0.1, 0.15) is 32.4 Å². The predicted molar refractivity (Wildman–Crippen MR) is 93.3 cm³/mol. The van der Waals surface area contributed by atoms with Gasteiger partial charge in [-0.25, -0.2) is 0 Å². The number of nitrogens with zero attached hydrogens (tertiary/aromatic N) is 1. The molecule has 3 rings (SSSR count). The molecule has 7 heteroatoms. The number of benzene rings is 1. The first-order valence-electron chi connectivity index (χ1n) is 8.83. The topological polar surface area (TPSA) is 84.9 Å². The maximum Gasteiger partial charge on any atom is 0.326 e. The van der Waals surface area contributed by atoms with E-state index < -0.39 is 29.4 Å². The van der Waals surface area contributed by atoms with Crippen LogP contribution in [0, 0.1) is 11.8 Å². The van der Waals surface area contributed by atoms with Crippen LogP contribution < -0.4 is 10.1 Å². The standard InChI is InChI=1S/C19H24N2O5/c1-5-21-16(22)13-14(17(21)23)19(3,18(24)26-6-2)20-15(13)11-7-9-12(25-4)10-8-11/h7-10,13-15,20H,5-6H2,1-4H3/t13-,14-,15-,19-/m1/s1. The zero-order valence-electron chi connectivity index (χ0n) is 15.4. The van der Waals surface area contributed by atoms with E-state index in [4.69, 9.17) is 9.47 Å². The highest BCUT2D eigenvalue weighted by molar-refractivity contribution is 6.09. The molecule has 0 aliphatic carbocycles. The number of likely N-dealkylation sites (tertiary alicyclic amines) is 1. The fourth-order valence-electron chi connectivity index (χ4n) is 4.08. The Labute approximate surface area is 152 Å². The number of esters is 1. The summed E-state index contributed by atoms with van der Waals surface area (Å²) < 4.78 is 10.4. The molecular weight excluding hydrogens is 336 g/mol. The third-order valence-electron chi connectivity index (χ3n) is 5.37. The highest BCUT2D eigenvalue weighted by Crippen LogP contribution is 2.49. The van der Waals surface area contributed by atoms with Gasteiger partial charge < -0.3 is 9.47 Å². The highest BCUT2D eigenvalue weighted by atomic mass is 16.5. The largest absolute Gasteiger partial charge is 0.497 e. The molecule has 2 amide bonds. The Morgan fingerprint density at radius 2 is 1.85 bits per heavy atom. The molecule has 2 aliphatic heterocycles. The van der Waals surface area contributed by atoms with Crippen LogP contribution in [0.15, 0.2) is 24.3 Å². The Morgan fingerprint density at radius 1 is 1.19 bits per heavy atom. The Morgan fingerprint density at radius 3 is 2.38 bits per heavy atom. The molecule has 2 heterocycles. The van der Waals surface area contributed by atoms with E-state index in [1.807, 2.05) is 12.1 Å². The number of amides is 2. The molecule has 26 heavy (non-hydrogen) atoms. The molecule has 1 aromatic carbocycles. The molecule has 2 saturated heterocycles. The van der Waals surface area contributed by atoms with Crippen LogP contribution >= 0.6 is 0 Å². The summed E-state index contributed by atoms with van der Waals surface area (Å²) in [6.45, 7) is 5.62. The monoisotopic (exact) mass is 360 g/mol. The Hall–Kier alpha value is -2.41. The van der Waals surface area contributed by atoms with Gasteiger partial charge in [-0.2, -0.15) is 0 Å². The number of carbonyl (C=O) groups excluding carboxylic acids is 3. The molecule has 0 spiro atoms. The maximum atomic E-state index is 12.9. The number of carbonyl (C=O) groups is 3. The van der Waals surface area contributed by atoms with Gasteiger partial charge in [0.2, 0.25) is 11.8 Å². The van der Waals surface area contributed by atoms with Gasteiger partial charge in [0.1, 0.15) is 11.3 Å². The SMILES string of the molecule is CCOC(=O)[C@]1(C)N[C@H](c2ccc(OC)cc2)[C@@H]2C(=O)N(CC)C(=O)[C@@H]21. The fraction of sp³-hybridized carbons (Fsp3) is 0.526. The minimum Gasteiger partial charge on any atom is -0.497 e. The summed E-state index contributed by atoms with van der Waals surface area (Å²) in [4.78, 5) is 39.6. The normalized spacial score (nSPS) is 30.5. The van der Waals surface area contributed by atoms with E-state index in [1.165, 1.54) is 4.90 Å². The van der Waals surface area contributed by atoms with Crippen LogP contribution in [0.5, 0.6) is 5.75 Å². The molecule has 2 aliphatic rings. The van der Waals surface area contributed by atoms with E-state index >= 15 is 0 Å². The fourth-order valence-corrected chi connectivity index (χ4v) is 4.08. The van der Waals surface area contributed by atoms with E-state index in [0.717, 1.165) is 5.56 Å². The number of methoxy groups -OCH3 is 1. The molecular formula is C19H24N2O5. The Bertz CT molecular complexity index is 732. The van der Waals surface area contributed by atoms with E-state index in [2.05, 4.69) is 5.32 Å². The summed E-state index contributed by atoms with van der Waals surface area (Å²) >= 11 is 0. The lowest BCUT2D eigenvalue weighted by molar-refractivity contribution is -0.155. The van der Waals surface area contributed by atoms with Crippen LogP contribution in [0.3, 0.4) is 0 Å². The number of rotatable bonds is 5. The quantitative estimate of drug-likeness (QED) is 0.629. The van der Waals surface area contributed by atoms with Gasteiger partial charge in [-0.15, -0.1) is 0 Å². The van der Waals surface area contributed by atoms with Crippen LogP contribution in [-0.4, -0.2) is 48.5 Å². The second kappa shape index (κ2) is 6.72. The number of ether oxygens (including phenoxy) is 2. The summed E-state index contributed by atoms with van der Waals surface area (Å²) in [6, 6.07) is 6.83. The zero-order chi connectivity index (χ0) is 19.1. The van der Waals surface area contributed by atoms with E-state index in [-0.39, 0.29) is 18.4 Å².